The predicted molar refractivity (Wildman–Crippen MR) is 88.4 cm³/mol. The number of likely N-dealkylation sites (tertiary alicyclic amines) is 1. The summed E-state index contributed by atoms with van der Waals surface area (Å²) in [7, 11) is 0. The molecule has 2 fully saturated rings. The maximum atomic E-state index is 12.9. The lowest BCUT2D eigenvalue weighted by molar-refractivity contribution is 0.0737. The minimum atomic E-state index is 0.159. The lowest BCUT2D eigenvalue weighted by Gasteiger charge is -2.26. The number of fused-ring (bicyclic) bond motifs is 1. The molecule has 2 aliphatic heterocycles. The monoisotopic (exact) mass is 308 g/mol. The number of amides is 1. The molecule has 0 unspecified atom stereocenters. The molecule has 0 bridgehead atoms. The van der Waals surface area contributed by atoms with Gasteiger partial charge in [-0.05, 0) is 37.5 Å². The van der Waals surface area contributed by atoms with Crippen LogP contribution in [0.15, 0.2) is 42.7 Å². The molecule has 0 aliphatic carbocycles. The van der Waals surface area contributed by atoms with Crippen molar-refractivity contribution in [3.05, 3.63) is 53.9 Å². The second kappa shape index (κ2) is 5.65. The first kappa shape index (κ1) is 14.2. The van der Waals surface area contributed by atoms with Gasteiger partial charge in [0.05, 0.1) is 12.1 Å². The lowest BCUT2D eigenvalue weighted by Crippen LogP contribution is -2.40. The highest BCUT2D eigenvalue weighted by Crippen LogP contribution is 2.34. The van der Waals surface area contributed by atoms with E-state index in [2.05, 4.69) is 19.8 Å². The molecule has 1 aromatic carbocycles. The highest BCUT2D eigenvalue weighted by atomic mass is 16.2. The summed E-state index contributed by atoms with van der Waals surface area (Å²) in [4.78, 5) is 26.0. The zero-order valence-electron chi connectivity index (χ0n) is 13.2. The van der Waals surface area contributed by atoms with E-state index in [-0.39, 0.29) is 11.9 Å². The second-order valence-electron chi connectivity index (χ2n) is 6.27. The van der Waals surface area contributed by atoms with Gasteiger partial charge in [0.25, 0.3) is 5.91 Å². The quantitative estimate of drug-likeness (QED) is 0.854. The number of aromatic nitrogens is 2. The Balaban J connectivity index is 1.56. The highest BCUT2D eigenvalue weighted by molar-refractivity contribution is 5.96. The molecular formula is C18H20N4O. The van der Waals surface area contributed by atoms with Crippen molar-refractivity contribution in [3.63, 3.8) is 0 Å². The minimum Gasteiger partial charge on any atom is -0.336 e. The number of benzene rings is 1. The molecule has 2 atom stereocenters. The molecule has 0 spiro atoms. The summed E-state index contributed by atoms with van der Waals surface area (Å²) in [5, 5.41) is 0. The smallest absolute Gasteiger partial charge is 0.254 e. The molecule has 2 saturated heterocycles. The first-order valence-corrected chi connectivity index (χ1v) is 8.16. The van der Waals surface area contributed by atoms with Gasteiger partial charge in [-0.2, -0.15) is 0 Å². The number of hydrogen-bond donors (Lipinski definition) is 0. The molecule has 0 saturated carbocycles. The van der Waals surface area contributed by atoms with Crippen molar-refractivity contribution in [2.45, 2.75) is 31.8 Å². The van der Waals surface area contributed by atoms with Crippen molar-refractivity contribution in [3.8, 4) is 0 Å². The molecule has 0 radical (unpaired) electrons. The molecule has 118 valence electrons. The van der Waals surface area contributed by atoms with E-state index in [4.69, 9.17) is 0 Å². The van der Waals surface area contributed by atoms with E-state index in [1.165, 1.54) is 0 Å². The van der Waals surface area contributed by atoms with E-state index in [1.54, 1.807) is 12.4 Å². The minimum absolute atomic E-state index is 0.159. The fourth-order valence-corrected chi connectivity index (χ4v) is 3.89. The topological polar surface area (TPSA) is 49.3 Å². The van der Waals surface area contributed by atoms with E-state index in [9.17, 15) is 4.79 Å². The lowest BCUT2D eigenvalue weighted by atomic mass is 10.1. The second-order valence-corrected chi connectivity index (χ2v) is 6.27. The van der Waals surface area contributed by atoms with Gasteiger partial charge < -0.3 is 9.80 Å². The summed E-state index contributed by atoms with van der Waals surface area (Å²) >= 11 is 0. The van der Waals surface area contributed by atoms with Crippen LogP contribution in [0, 0.1) is 6.92 Å². The number of rotatable bonds is 2. The molecule has 0 N–H and O–H groups in total. The van der Waals surface area contributed by atoms with E-state index in [0.717, 1.165) is 43.0 Å². The van der Waals surface area contributed by atoms with Gasteiger partial charge in [0.1, 0.15) is 0 Å². The van der Waals surface area contributed by atoms with E-state index in [0.29, 0.717) is 6.04 Å². The third-order valence-electron chi connectivity index (χ3n) is 5.02. The molecule has 4 rings (SSSR count). The van der Waals surface area contributed by atoms with Gasteiger partial charge in [-0.3, -0.25) is 4.79 Å². The fourth-order valence-electron chi connectivity index (χ4n) is 3.89. The maximum Gasteiger partial charge on any atom is 0.254 e. The average molecular weight is 308 g/mol. The van der Waals surface area contributed by atoms with Crippen LogP contribution in [0.4, 0.5) is 5.95 Å². The van der Waals surface area contributed by atoms with Crippen molar-refractivity contribution < 1.29 is 4.79 Å². The highest BCUT2D eigenvalue weighted by Gasteiger charge is 2.45. The third-order valence-corrected chi connectivity index (χ3v) is 5.02. The summed E-state index contributed by atoms with van der Waals surface area (Å²) in [6.45, 7) is 3.72. The van der Waals surface area contributed by atoms with Gasteiger partial charge in [0.2, 0.25) is 5.95 Å². The molecular weight excluding hydrogens is 288 g/mol. The zero-order chi connectivity index (χ0) is 15.8. The van der Waals surface area contributed by atoms with Gasteiger partial charge in [0, 0.05) is 31.0 Å². The van der Waals surface area contributed by atoms with Crippen molar-refractivity contribution >= 4 is 11.9 Å². The van der Waals surface area contributed by atoms with Crippen molar-refractivity contribution in [2.24, 2.45) is 0 Å². The SMILES string of the molecule is Cc1ccccc1C(=O)N1CC[C@@H]2[C@@H]1CCN2c1ncccn1. The van der Waals surface area contributed by atoms with Crippen molar-refractivity contribution in [1.82, 2.24) is 14.9 Å². The first-order chi connectivity index (χ1) is 11.3. The summed E-state index contributed by atoms with van der Waals surface area (Å²) in [5.74, 6) is 0.941. The number of hydrogen-bond acceptors (Lipinski definition) is 4. The molecule has 1 aromatic heterocycles. The van der Waals surface area contributed by atoms with E-state index < -0.39 is 0 Å². The van der Waals surface area contributed by atoms with Crippen molar-refractivity contribution in [2.75, 3.05) is 18.0 Å². The fraction of sp³-hybridized carbons (Fsp3) is 0.389. The Bertz CT molecular complexity index is 718. The van der Waals surface area contributed by atoms with E-state index in [1.807, 2.05) is 37.3 Å². The Labute approximate surface area is 136 Å². The van der Waals surface area contributed by atoms with Crippen LogP contribution in [-0.2, 0) is 0 Å². The molecule has 3 heterocycles. The van der Waals surface area contributed by atoms with Crippen LogP contribution < -0.4 is 4.90 Å². The number of aryl methyl sites for hydroxylation is 1. The number of carbonyl (C=O) groups is 1. The van der Waals surface area contributed by atoms with Crippen LogP contribution in [0.25, 0.3) is 0 Å². The van der Waals surface area contributed by atoms with Gasteiger partial charge in [-0.15, -0.1) is 0 Å². The Hall–Kier alpha value is -2.43. The van der Waals surface area contributed by atoms with Crippen molar-refractivity contribution in [1.29, 1.82) is 0 Å². The molecule has 5 heteroatoms. The maximum absolute atomic E-state index is 12.9. The third kappa shape index (κ3) is 2.36. The summed E-state index contributed by atoms with van der Waals surface area (Å²) in [6, 6.07) is 10.3. The Morgan fingerprint density at radius 2 is 1.78 bits per heavy atom. The van der Waals surface area contributed by atoms with Crippen LogP contribution in [0.1, 0.15) is 28.8 Å². The standard InChI is InChI=1S/C18H20N4O/c1-13-5-2-3-6-14(13)17(23)21-11-7-16-15(21)8-12-22(16)18-19-9-4-10-20-18/h2-6,9-10,15-16H,7-8,11-12H2,1H3/t15-,16+/m0/s1. The number of anilines is 1. The Morgan fingerprint density at radius 1 is 1.04 bits per heavy atom. The average Bonchev–Trinajstić information content (AvgIpc) is 3.17. The normalized spacial score (nSPS) is 23.2. The van der Waals surface area contributed by atoms with Crippen LogP contribution in [0.5, 0.6) is 0 Å². The van der Waals surface area contributed by atoms with Crippen LogP contribution in [-0.4, -0.2) is 45.9 Å². The number of carbonyl (C=O) groups excluding carboxylic acids is 1. The first-order valence-electron chi connectivity index (χ1n) is 8.16. The zero-order valence-corrected chi connectivity index (χ0v) is 13.2. The van der Waals surface area contributed by atoms with E-state index >= 15 is 0 Å². The predicted octanol–water partition coefficient (Wildman–Crippen LogP) is 2.28. The van der Waals surface area contributed by atoms with Gasteiger partial charge in [-0.25, -0.2) is 9.97 Å². The Morgan fingerprint density at radius 3 is 2.57 bits per heavy atom. The molecule has 1 amide bonds. The Kier molecular flexibility index (Phi) is 3.48. The summed E-state index contributed by atoms with van der Waals surface area (Å²) in [5.41, 5.74) is 1.87. The molecule has 2 aliphatic rings. The summed E-state index contributed by atoms with van der Waals surface area (Å²) < 4.78 is 0. The molecule has 23 heavy (non-hydrogen) atoms. The van der Waals surface area contributed by atoms with Crippen LogP contribution >= 0.6 is 0 Å². The molecule has 2 aromatic rings. The van der Waals surface area contributed by atoms with Gasteiger partial charge in [-0.1, -0.05) is 18.2 Å². The largest absolute Gasteiger partial charge is 0.336 e. The summed E-state index contributed by atoms with van der Waals surface area (Å²) in [6.07, 6.45) is 5.53. The van der Waals surface area contributed by atoms with Crippen LogP contribution in [0.3, 0.4) is 0 Å². The molecule has 5 nitrogen and oxygen atoms in total. The van der Waals surface area contributed by atoms with Gasteiger partial charge in [0.15, 0.2) is 0 Å². The number of nitrogens with zero attached hydrogens (tertiary/aromatic N) is 4. The van der Waals surface area contributed by atoms with Crippen LogP contribution in [0.2, 0.25) is 0 Å². The van der Waals surface area contributed by atoms with Gasteiger partial charge >= 0.3 is 0 Å².